The van der Waals surface area contributed by atoms with Crippen LogP contribution in [0.3, 0.4) is 0 Å². The molecule has 2 heteroatoms. The van der Waals surface area contributed by atoms with Crippen LogP contribution in [0, 0.1) is 0 Å². The van der Waals surface area contributed by atoms with Crippen LogP contribution >= 0.6 is 0 Å². The Balaban J connectivity index is 2.10. The average Bonchev–Trinajstić information content (AvgIpc) is 2.60. The molecule has 1 aromatic rings. The minimum Gasteiger partial charge on any atom is -0.491 e. The standard InChI is InChI=1S/C14H18O2/c1-3-4-10(2)16-12-6-7-13-11(9-12)5-8-14(13)15/h6-7,9-10H,3-5,8H2,1-2H3. The van der Waals surface area contributed by atoms with Gasteiger partial charge in [0.2, 0.25) is 0 Å². The molecule has 2 nitrogen and oxygen atoms in total. The summed E-state index contributed by atoms with van der Waals surface area (Å²) < 4.78 is 5.80. The fourth-order valence-corrected chi connectivity index (χ4v) is 2.20. The van der Waals surface area contributed by atoms with E-state index >= 15 is 0 Å². The van der Waals surface area contributed by atoms with Gasteiger partial charge in [-0.25, -0.2) is 0 Å². The first-order valence-electron chi connectivity index (χ1n) is 6.03. The molecule has 0 bridgehead atoms. The van der Waals surface area contributed by atoms with Crippen LogP contribution in [0.5, 0.6) is 5.75 Å². The molecule has 86 valence electrons. The Morgan fingerprint density at radius 3 is 2.94 bits per heavy atom. The zero-order valence-corrected chi connectivity index (χ0v) is 9.95. The van der Waals surface area contributed by atoms with E-state index < -0.39 is 0 Å². The van der Waals surface area contributed by atoms with Crippen LogP contribution in [-0.4, -0.2) is 11.9 Å². The molecule has 0 fully saturated rings. The number of benzene rings is 1. The van der Waals surface area contributed by atoms with Gasteiger partial charge in [0.1, 0.15) is 5.75 Å². The Kier molecular flexibility index (Phi) is 3.28. The van der Waals surface area contributed by atoms with Gasteiger partial charge >= 0.3 is 0 Å². The van der Waals surface area contributed by atoms with E-state index in [2.05, 4.69) is 13.8 Å². The number of fused-ring (bicyclic) bond motifs is 1. The van der Waals surface area contributed by atoms with Gasteiger partial charge in [0.25, 0.3) is 0 Å². The summed E-state index contributed by atoms with van der Waals surface area (Å²) in [5.41, 5.74) is 2.03. The third kappa shape index (κ3) is 2.26. The lowest BCUT2D eigenvalue weighted by Gasteiger charge is -2.14. The maximum Gasteiger partial charge on any atom is 0.163 e. The van der Waals surface area contributed by atoms with E-state index in [-0.39, 0.29) is 11.9 Å². The van der Waals surface area contributed by atoms with E-state index in [0.29, 0.717) is 6.42 Å². The number of ketones is 1. The summed E-state index contributed by atoms with van der Waals surface area (Å²) in [6, 6.07) is 5.83. The van der Waals surface area contributed by atoms with E-state index in [4.69, 9.17) is 4.74 Å². The highest BCUT2D eigenvalue weighted by molar-refractivity contribution is 6.00. The van der Waals surface area contributed by atoms with Crippen molar-refractivity contribution < 1.29 is 9.53 Å². The van der Waals surface area contributed by atoms with E-state index in [0.717, 1.165) is 36.1 Å². The van der Waals surface area contributed by atoms with Gasteiger partial charge in [-0.2, -0.15) is 0 Å². The Labute approximate surface area is 96.6 Å². The number of hydrogen-bond acceptors (Lipinski definition) is 2. The SMILES string of the molecule is CCCC(C)Oc1ccc2c(c1)CCC2=O. The smallest absolute Gasteiger partial charge is 0.163 e. The fraction of sp³-hybridized carbons (Fsp3) is 0.500. The summed E-state index contributed by atoms with van der Waals surface area (Å²) in [7, 11) is 0. The molecule has 1 unspecified atom stereocenters. The Morgan fingerprint density at radius 2 is 2.19 bits per heavy atom. The second kappa shape index (κ2) is 4.69. The van der Waals surface area contributed by atoms with Crippen molar-refractivity contribution in [2.45, 2.75) is 45.6 Å². The molecule has 2 rings (SSSR count). The summed E-state index contributed by atoms with van der Waals surface area (Å²) in [6.07, 6.45) is 3.97. The van der Waals surface area contributed by atoms with Crippen molar-refractivity contribution >= 4 is 5.78 Å². The minimum atomic E-state index is 0.250. The van der Waals surface area contributed by atoms with Crippen molar-refractivity contribution in [2.24, 2.45) is 0 Å². The molecule has 1 aliphatic rings. The Morgan fingerprint density at radius 1 is 1.38 bits per heavy atom. The minimum absolute atomic E-state index is 0.250. The average molecular weight is 218 g/mol. The van der Waals surface area contributed by atoms with Crippen LogP contribution in [0.1, 0.15) is 49.0 Å². The number of aryl methyl sites for hydroxylation is 1. The van der Waals surface area contributed by atoms with E-state index in [1.807, 2.05) is 18.2 Å². The summed E-state index contributed by atoms with van der Waals surface area (Å²) in [4.78, 5) is 11.5. The fourth-order valence-electron chi connectivity index (χ4n) is 2.20. The highest BCUT2D eigenvalue weighted by Gasteiger charge is 2.19. The van der Waals surface area contributed by atoms with Crippen LogP contribution in [0.2, 0.25) is 0 Å². The second-order valence-corrected chi connectivity index (χ2v) is 4.46. The topological polar surface area (TPSA) is 26.3 Å². The second-order valence-electron chi connectivity index (χ2n) is 4.46. The molecule has 0 amide bonds. The lowest BCUT2D eigenvalue weighted by atomic mass is 10.1. The quantitative estimate of drug-likeness (QED) is 0.774. The van der Waals surface area contributed by atoms with Crippen LogP contribution in [-0.2, 0) is 6.42 Å². The first-order chi connectivity index (χ1) is 7.70. The molecular weight excluding hydrogens is 200 g/mol. The van der Waals surface area contributed by atoms with Crippen LogP contribution in [0.4, 0.5) is 0 Å². The normalized spacial score (nSPS) is 16.0. The summed E-state index contributed by atoms with van der Waals surface area (Å²) in [5, 5.41) is 0. The van der Waals surface area contributed by atoms with Crippen LogP contribution < -0.4 is 4.74 Å². The zero-order valence-electron chi connectivity index (χ0n) is 9.95. The molecule has 0 N–H and O–H groups in total. The first kappa shape index (κ1) is 11.2. The zero-order chi connectivity index (χ0) is 11.5. The van der Waals surface area contributed by atoms with Gasteiger partial charge in [-0.15, -0.1) is 0 Å². The molecule has 1 aromatic carbocycles. The van der Waals surface area contributed by atoms with Crippen molar-refractivity contribution in [3.8, 4) is 5.75 Å². The van der Waals surface area contributed by atoms with Gasteiger partial charge in [-0.3, -0.25) is 4.79 Å². The Hall–Kier alpha value is -1.31. The number of Topliss-reactive ketones (excluding diaryl/α,β-unsaturated/α-hetero) is 1. The van der Waals surface area contributed by atoms with Crippen molar-refractivity contribution in [1.29, 1.82) is 0 Å². The number of carbonyl (C=O) groups is 1. The van der Waals surface area contributed by atoms with Crippen molar-refractivity contribution in [3.05, 3.63) is 29.3 Å². The number of rotatable bonds is 4. The summed E-state index contributed by atoms with van der Waals surface area (Å²) in [5.74, 6) is 1.16. The van der Waals surface area contributed by atoms with Gasteiger partial charge in [0.15, 0.2) is 5.78 Å². The molecule has 0 spiro atoms. The molecule has 1 aliphatic carbocycles. The first-order valence-corrected chi connectivity index (χ1v) is 6.03. The van der Waals surface area contributed by atoms with Crippen molar-refractivity contribution in [3.63, 3.8) is 0 Å². The summed E-state index contributed by atoms with van der Waals surface area (Å²) in [6.45, 7) is 4.24. The van der Waals surface area contributed by atoms with Gasteiger partial charge in [-0.05, 0) is 43.5 Å². The molecule has 0 saturated carbocycles. The maximum absolute atomic E-state index is 11.5. The summed E-state index contributed by atoms with van der Waals surface area (Å²) >= 11 is 0. The predicted octanol–water partition coefficient (Wildman–Crippen LogP) is 3.38. The van der Waals surface area contributed by atoms with Gasteiger partial charge < -0.3 is 4.74 Å². The Bertz CT molecular complexity index is 396. The van der Waals surface area contributed by atoms with Crippen LogP contribution in [0.25, 0.3) is 0 Å². The predicted molar refractivity (Wildman–Crippen MR) is 64.1 cm³/mol. The van der Waals surface area contributed by atoms with Gasteiger partial charge in [-0.1, -0.05) is 13.3 Å². The molecule has 0 heterocycles. The largest absolute Gasteiger partial charge is 0.491 e. The van der Waals surface area contributed by atoms with Gasteiger partial charge in [0, 0.05) is 12.0 Å². The third-order valence-electron chi connectivity index (χ3n) is 3.03. The molecule has 0 saturated heterocycles. The number of hydrogen-bond donors (Lipinski definition) is 0. The number of ether oxygens (including phenoxy) is 1. The maximum atomic E-state index is 11.5. The highest BCUT2D eigenvalue weighted by atomic mass is 16.5. The number of carbonyl (C=O) groups excluding carboxylic acids is 1. The van der Waals surface area contributed by atoms with Gasteiger partial charge in [0.05, 0.1) is 6.10 Å². The molecule has 0 radical (unpaired) electrons. The van der Waals surface area contributed by atoms with Crippen molar-refractivity contribution in [1.82, 2.24) is 0 Å². The lowest BCUT2D eigenvalue weighted by Crippen LogP contribution is -2.11. The highest BCUT2D eigenvalue weighted by Crippen LogP contribution is 2.26. The molecular formula is C14H18O2. The third-order valence-corrected chi connectivity index (χ3v) is 3.03. The van der Waals surface area contributed by atoms with E-state index in [9.17, 15) is 4.79 Å². The van der Waals surface area contributed by atoms with Crippen molar-refractivity contribution in [2.75, 3.05) is 0 Å². The van der Waals surface area contributed by atoms with E-state index in [1.54, 1.807) is 0 Å². The van der Waals surface area contributed by atoms with Crippen LogP contribution in [0.15, 0.2) is 18.2 Å². The molecule has 0 aromatic heterocycles. The molecule has 1 atom stereocenters. The monoisotopic (exact) mass is 218 g/mol. The van der Waals surface area contributed by atoms with E-state index in [1.165, 1.54) is 0 Å². The molecule has 16 heavy (non-hydrogen) atoms. The lowest BCUT2D eigenvalue weighted by molar-refractivity contribution is 0.0994. The molecule has 0 aliphatic heterocycles.